The van der Waals surface area contributed by atoms with Crippen molar-refractivity contribution < 1.29 is 9.90 Å². The molecule has 0 saturated carbocycles. The van der Waals surface area contributed by atoms with Crippen LogP contribution >= 0.6 is 11.8 Å². The third kappa shape index (κ3) is 6.53. The van der Waals surface area contributed by atoms with Gasteiger partial charge in [0.05, 0.1) is 6.42 Å². The van der Waals surface area contributed by atoms with Crippen LogP contribution in [0.25, 0.3) is 0 Å². The number of hydrogen-bond donors (Lipinski definition) is 1. The van der Waals surface area contributed by atoms with E-state index in [0.717, 1.165) is 5.75 Å². The number of carboxylic acid groups (broad SMARTS) is 1. The molecule has 0 bridgehead atoms. The maximum atomic E-state index is 10.3. The molecule has 0 fully saturated rings. The van der Waals surface area contributed by atoms with Gasteiger partial charge in [0.1, 0.15) is 0 Å². The molecule has 72 valence electrons. The van der Waals surface area contributed by atoms with Crippen molar-refractivity contribution in [1.29, 1.82) is 0 Å². The molecule has 0 radical (unpaired) electrons. The second-order valence-corrected chi connectivity index (χ2v) is 4.73. The molecular weight excluding hydrogens is 172 g/mol. The molecule has 0 heterocycles. The third-order valence-corrected chi connectivity index (χ3v) is 3.32. The van der Waals surface area contributed by atoms with Gasteiger partial charge in [-0.3, -0.25) is 4.79 Å². The van der Waals surface area contributed by atoms with E-state index in [9.17, 15) is 4.79 Å². The fraction of sp³-hybridized carbons (Fsp3) is 0.889. The zero-order valence-electron chi connectivity index (χ0n) is 8.04. The van der Waals surface area contributed by atoms with Gasteiger partial charge in [0, 0.05) is 5.25 Å². The Morgan fingerprint density at radius 3 is 2.50 bits per heavy atom. The van der Waals surface area contributed by atoms with E-state index in [4.69, 9.17) is 5.11 Å². The highest BCUT2D eigenvalue weighted by Gasteiger charge is 2.09. The lowest BCUT2D eigenvalue weighted by molar-refractivity contribution is -0.136. The second-order valence-electron chi connectivity index (χ2n) is 3.26. The predicted octanol–water partition coefficient (Wildman–Crippen LogP) is 2.63. The fourth-order valence-electron chi connectivity index (χ4n) is 0.751. The van der Waals surface area contributed by atoms with E-state index in [1.165, 1.54) is 6.42 Å². The summed E-state index contributed by atoms with van der Waals surface area (Å²) in [5.41, 5.74) is 0. The summed E-state index contributed by atoms with van der Waals surface area (Å²) in [4.78, 5) is 10.3. The van der Waals surface area contributed by atoms with Crippen molar-refractivity contribution in [3.8, 4) is 0 Å². The summed E-state index contributed by atoms with van der Waals surface area (Å²) in [5, 5.41) is 8.74. The fourth-order valence-corrected chi connectivity index (χ4v) is 1.90. The normalized spacial score (nSPS) is 15.6. The molecule has 0 aliphatic heterocycles. The number of rotatable bonds is 6. The number of aliphatic carboxylic acids is 1. The van der Waals surface area contributed by atoms with Gasteiger partial charge in [0.2, 0.25) is 0 Å². The molecule has 0 spiro atoms. The standard InChI is InChI=1S/C9H18O2S/c1-4-7(2)6-12-8(3)5-9(10)11/h7-8H,4-6H2,1-3H3,(H,10,11). The SMILES string of the molecule is CCC(C)CSC(C)CC(=O)O. The van der Waals surface area contributed by atoms with E-state index in [-0.39, 0.29) is 11.7 Å². The summed E-state index contributed by atoms with van der Waals surface area (Å²) in [6, 6.07) is 0. The van der Waals surface area contributed by atoms with Crippen LogP contribution in [0.1, 0.15) is 33.6 Å². The quantitative estimate of drug-likeness (QED) is 0.699. The van der Waals surface area contributed by atoms with Crippen molar-refractivity contribution in [3.63, 3.8) is 0 Å². The van der Waals surface area contributed by atoms with E-state index >= 15 is 0 Å². The van der Waals surface area contributed by atoms with Gasteiger partial charge in [-0.25, -0.2) is 0 Å². The summed E-state index contributed by atoms with van der Waals surface area (Å²) in [6.07, 6.45) is 1.45. The smallest absolute Gasteiger partial charge is 0.304 e. The van der Waals surface area contributed by atoms with Crippen LogP contribution in [-0.4, -0.2) is 22.1 Å². The lowest BCUT2D eigenvalue weighted by Gasteiger charge is -2.11. The van der Waals surface area contributed by atoms with Gasteiger partial charge in [-0.15, -0.1) is 0 Å². The minimum absolute atomic E-state index is 0.247. The molecule has 0 aromatic heterocycles. The Morgan fingerprint density at radius 2 is 2.08 bits per heavy atom. The molecule has 3 heteroatoms. The van der Waals surface area contributed by atoms with Crippen LogP contribution in [0.2, 0.25) is 0 Å². The first-order valence-electron chi connectivity index (χ1n) is 4.39. The zero-order valence-corrected chi connectivity index (χ0v) is 8.86. The van der Waals surface area contributed by atoms with Crippen molar-refractivity contribution in [2.24, 2.45) is 5.92 Å². The number of hydrogen-bond acceptors (Lipinski definition) is 2. The van der Waals surface area contributed by atoms with Crippen molar-refractivity contribution in [3.05, 3.63) is 0 Å². The Morgan fingerprint density at radius 1 is 1.50 bits per heavy atom. The number of carbonyl (C=O) groups is 1. The van der Waals surface area contributed by atoms with Gasteiger partial charge in [0.25, 0.3) is 0 Å². The summed E-state index contributed by atoms with van der Waals surface area (Å²) >= 11 is 1.76. The lowest BCUT2D eigenvalue weighted by atomic mass is 10.2. The van der Waals surface area contributed by atoms with E-state index < -0.39 is 5.97 Å². The van der Waals surface area contributed by atoms with E-state index in [2.05, 4.69) is 13.8 Å². The summed E-state index contributed by atoms with van der Waals surface area (Å²) in [5.74, 6) is 1.08. The predicted molar refractivity (Wildman–Crippen MR) is 53.6 cm³/mol. The Bertz CT molecular complexity index is 136. The molecule has 2 nitrogen and oxygen atoms in total. The monoisotopic (exact) mass is 190 g/mol. The molecule has 0 aromatic rings. The van der Waals surface area contributed by atoms with Crippen LogP contribution < -0.4 is 0 Å². The highest BCUT2D eigenvalue weighted by atomic mass is 32.2. The van der Waals surface area contributed by atoms with E-state index in [0.29, 0.717) is 5.92 Å². The van der Waals surface area contributed by atoms with Crippen LogP contribution in [0.3, 0.4) is 0 Å². The van der Waals surface area contributed by atoms with Crippen LogP contribution in [0.4, 0.5) is 0 Å². The maximum absolute atomic E-state index is 10.3. The lowest BCUT2D eigenvalue weighted by Crippen LogP contribution is -2.08. The van der Waals surface area contributed by atoms with Gasteiger partial charge in [-0.1, -0.05) is 27.2 Å². The minimum atomic E-state index is -0.695. The molecule has 0 aromatic carbocycles. The molecule has 2 atom stereocenters. The molecule has 0 amide bonds. The van der Waals surface area contributed by atoms with Gasteiger partial charge < -0.3 is 5.11 Å². The molecule has 0 aliphatic rings. The molecule has 0 saturated heterocycles. The van der Waals surface area contributed by atoms with Gasteiger partial charge in [0.15, 0.2) is 0 Å². The molecule has 12 heavy (non-hydrogen) atoms. The Kier molecular flexibility index (Phi) is 6.25. The van der Waals surface area contributed by atoms with Gasteiger partial charge >= 0.3 is 5.97 Å². The second kappa shape index (κ2) is 6.35. The average molecular weight is 190 g/mol. The van der Waals surface area contributed by atoms with E-state index in [1.807, 2.05) is 6.92 Å². The summed E-state index contributed by atoms with van der Waals surface area (Å²) < 4.78 is 0. The summed E-state index contributed by atoms with van der Waals surface area (Å²) in [6.45, 7) is 6.33. The highest BCUT2D eigenvalue weighted by molar-refractivity contribution is 7.99. The third-order valence-electron chi connectivity index (χ3n) is 1.82. The van der Waals surface area contributed by atoms with Crippen molar-refractivity contribution in [2.75, 3.05) is 5.75 Å². The van der Waals surface area contributed by atoms with Crippen LogP contribution in [0, 0.1) is 5.92 Å². The van der Waals surface area contributed by atoms with Gasteiger partial charge in [-0.05, 0) is 11.7 Å². The van der Waals surface area contributed by atoms with Crippen LogP contribution in [0.5, 0.6) is 0 Å². The zero-order chi connectivity index (χ0) is 9.56. The minimum Gasteiger partial charge on any atom is -0.481 e. The van der Waals surface area contributed by atoms with Crippen LogP contribution in [-0.2, 0) is 4.79 Å². The Labute approximate surface area is 78.7 Å². The number of carboxylic acids is 1. The van der Waals surface area contributed by atoms with Gasteiger partial charge in [-0.2, -0.15) is 11.8 Å². The van der Waals surface area contributed by atoms with Crippen molar-refractivity contribution >= 4 is 17.7 Å². The Balaban J connectivity index is 3.43. The largest absolute Gasteiger partial charge is 0.481 e. The topological polar surface area (TPSA) is 37.3 Å². The number of thioether (sulfide) groups is 1. The van der Waals surface area contributed by atoms with Crippen molar-refractivity contribution in [2.45, 2.75) is 38.9 Å². The summed E-state index contributed by atoms with van der Waals surface area (Å²) in [7, 11) is 0. The highest BCUT2D eigenvalue weighted by Crippen LogP contribution is 2.18. The molecular formula is C9H18O2S. The van der Waals surface area contributed by atoms with Crippen molar-refractivity contribution in [1.82, 2.24) is 0 Å². The average Bonchev–Trinajstić information content (AvgIpc) is 1.99. The molecule has 0 aliphatic carbocycles. The Hall–Kier alpha value is -0.180. The molecule has 2 unspecified atom stereocenters. The first-order valence-corrected chi connectivity index (χ1v) is 5.44. The van der Waals surface area contributed by atoms with Crippen LogP contribution in [0.15, 0.2) is 0 Å². The molecule has 1 N–H and O–H groups in total. The van der Waals surface area contributed by atoms with E-state index in [1.54, 1.807) is 11.8 Å². The molecule has 0 rings (SSSR count). The first-order chi connectivity index (χ1) is 5.56. The maximum Gasteiger partial charge on any atom is 0.304 e. The first kappa shape index (κ1) is 11.8.